The molecule has 0 saturated heterocycles. The van der Waals surface area contributed by atoms with Gasteiger partial charge in [-0.25, -0.2) is 8.78 Å². The van der Waals surface area contributed by atoms with E-state index in [2.05, 4.69) is 15.6 Å². The first-order valence-electron chi connectivity index (χ1n) is 9.17. The minimum Gasteiger partial charge on any atom is -0.488 e. The van der Waals surface area contributed by atoms with Gasteiger partial charge in [0.1, 0.15) is 35.6 Å². The molecule has 2 aromatic rings. The van der Waals surface area contributed by atoms with Gasteiger partial charge in [-0.05, 0) is 25.0 Å². The van der Waals surface area contributed by atoms with Crippen molar-refractivity contribution in [3.8, 4) is 5.75 Å². The quantitative estimate of drug-likeness (QED) is 0.823. The molecule has 2 atom stereocenters. The Bertz CT molecular complexity index is 1010. The molecule has 2 aliphatic heterocycles. The fraction of sp³-hybridized carbons (Fsp3) is 0.350. The van der Waals surface area contributed by atoms with Crippen LogP contribution in [0.15, 0.2) is 24.4 Å². The van der Waals surface area contributed by atoms with Crippen LogP contribution in [0.25, 0.3) is 0 Å². The van der Waals surface area contributed by atoms with E-state index in [1.807, 2.05) is 13.8 Å². The van der Waals surface area contributed by atoms with Gasteiger partial charge in [0.05, 0.1) is 12.2 Å². The molecule has 3 heterocycles. The molecule has 0 radical (unpaired) electrons. The van der Waals surface area contributed by atoms with E-state index in [9.17, 15) is 18.4 Å². The number of nitrogens with one attached hydrogen (secondary N) is 2. The molecule has 0 spiro atoms. The van der Waals surface area contributed by atoms with E-state index in [0.717, 1.165) is 23.6 Å². The SMILES string of the molecule is CC[C@@]1(C)OCc2cnc(C(=O)N[C@H]3COc4cc(F)cc(F)c4NC3=O)cc21. The second kappa shape index (κ2) is 7.07. The Morgan fingerprint density at radius 1 is 1.38 bits per heavy atom. The van der Waals surface area contributed by atoms with Crippen LogP contribution in [0.2, 0.25) is 0 Å². The summed E-state index contributed by atoms with van der Waals surface area (Å²) in [4.78, 5) is 29.2. The van der Waals surface area contributed by atoms with E-state index in [-0.39, 0.29) is 23.7 Å². The lowest BCUT2D eigenvalue weighted by atomic mass is 9.92. The van der Waals surface area contributed by atoms with Crippen molar-refractivity contribution in [3.63, 3.8) is 0 Å². The molecular weight excluding hydrogens is 384 g/mol. The van der Waals surface area contributed by atoms with Crippen LogP contribution in [-0.2, 0) is 21.7 Å². The van der Waals surface area contributed by atoms with E-state index < -0.39 is 35.1 Å². The number of rotatable bonds is 3. The summed E-state index contributed by atoms with van der Waals surface area (Å²) in [6.07, 6.45) is 2.31. The Morgan fingerprint density at radius 2 is 2.17 bits per heavy atom. The number of pyridine rings is 1. The van der Waals surface area contributed by atoms with E-state index in [1.54, 1.807) is 12.3 Å². The van der Waals surface area contributed by atoms with Crippen molar-refractivity contribution in [1.82, 2.24) is 10.3 Å². The Balaban J connectivity index is 1.53. The largest absolute Gasteiger partial charge is 0.488 e. The molecule has 0 unspecified atom stereocenters. The number of amides is 2. The Morgan fingerprint density at radius 3 is 2.93 bits per heavy atom. The van der Waals surface area contributed by atoms with Crippen LogP contribution in [0.3, 0.4) is 0 Å². The molecule has 7 nitrogen and oxygen atoms in total. The first-order chi connectivity index (χ1) is 13.8. The van der Waals surface area contributed by atoms with E-state index in [0.29, 0.717) is 12.7 Å². The van der Waals surface area contributed by atoms with Crippen molar-refractivity contribution < 1.29 is 27.8 Å². The maximum atomic E-state index is 13.9. The molecule has 29 heavy (non-hydrogen) atoms. The standard InChI is InChI=1S/C20H19F2N3O4/c1-3-20(2)12-6-14(23-7-10(12)8-29-20)18(26)24-15-9-28-16-5-11(21)4-13(22)17(16)25-19(15)27/h4-7,15H,3,8-9H2,1-2H3,(H,24,26)(H,25,27)/t15-,20+/m0/s1. The molecule has 152 valence electrons. The van der Waals surface area contributed by atoms with Gasteiger partial charge in [-0.3, -0.25) is 14.6 Å². The van der Waals surface area contributed by atoms with Gasteiger partial charge < -0.3 is 20.1 Å². The van der Waals surface area contributed by atoms with Crippen LogP contribution in [0.1, 0.15) is 41.9 Å². The third-order valence-electron chi connectivity index (χ3n) is 5.30. The number of hydrogen-bond acceptors (Lipinski definition) is 5. The summed E-state index contributed by atoms with van der Waals surface area (Å²) in [7, 11) is 0. The zero-order valence-corrected chi connectivity index (χ0v) is 15.8. The number of ether oxygens (including phenoxy) is 2. The molecule has 0 fully saturated rings. The Labute approximate surface area is 165 Å². The molecule has 0 bridgehead atoms. The molecule has 9 heteroatoms. The Hall–Kier alpha value is -3.07. The van der Waals surface area contributed by atoms with Crippen molar-refractivity contribution >= 4 is 17.5 Å². The monoisotopic (exact) mass is 403 g/mol. The van der Waals surface area contributed by atoms with E-state index in [4.69, 9.17) is 9.47 Å². The minimum atomic E-state index is -1.11. The molecule has 2 N–H and O–H groups in total. The first kappa shape index (κ1) is 19.3. The summed E-state index contributed by atoms with van der Waals surface area (Å²) in [5.41, 5.74) is 1.15. The van der Waals surface area contributed by atoms with Gasteiger partial charge in [0, 0.05) is 23.9 Å². The van der Waals surface area contributed by atoms with Crippen LogP contribution in [-0.4, -0.2) is 29.4 Å². The second-order valence-corrected chi connectivity index (χ2v) is 7.19. The lowest BCUT2D eigenvalue weighted by Crippen LogP contribution is -2.46. The summed E-state index contributed by atoms with van der Waals surface area (Å²) in [6.45, 7) is 4.07. The molecule has 0 aliphatic carbocycles. The average molecular weight is 403 g/mol. The van der Waals surface area contributed by atoms with Gasteiger partial charge in [-0.1, -0.05) is 6.92 Å². The lowest BCUT2D eigenvalue weighted by molar-refractivity contribution is -0.118. The fourth-order valence-corrected chi connectivity index (χ4v) is 3.41. The molecular formula is C20H19F2N3O4. The van der Waals surface area contributed by atoms with Crippen LogP contribution in [0, 0.1) is 11.6 Å². The van der Waals surface area contributed by atoms with Crippen molar-refractivity contribution in [1.29, 1.82) is 0 Å². The average Bonchev–Trinajstić information content (AvgIpc) is 2.95. The van der Waals surface area contributed by atoms with E-state index in [1.165, 1.54) is 0 Å². The lowest BCUT2D eigenvalue weighted by Gasteiger charge is -2.23. The number of carbonyl (C=O) groups excluding carboxylic acids is 2. The van der Waals surface area contributed by atoms with Crippen LogP contribution in [0.5, 0.6) is 5.75 Å². The van der Waals surface area contributed by atoms with Gasteiger partial charge in [0.15, 0.2) is 5.82 Å². The second-order valence-electron chi connectivity index (χ2n) is 7.19. The van der Waals surface area contributed by atoms with Crippen LogP contribution < -0.4 is 15.4 Å². The summed E-state index contributed by atoms with van der Waals surface area (Å²) >= 11 is 0. The maximum absolute atomic E-state index is 13.9. The number of nitrogens with zero attached hydrogens (tertiary/aromatic N) is 1. The molecule has 2 amide bonds. The summed E-state index contributed by atoms with van der Waals surface area (Å²) < 4.78 is 38.5. The summed E-state index contributed by atoms with van der Waals surface area (Å²) in [5, 5.41) is 4.86. The summed E-state index contributed by atoms with van der Waals surface area (Å²) in [5.74, 6) is -3.19. The summed E-state index contributed by atoms with van der Waals surface area (Å²) in [6, 6.07) is 2.15. The number of anilines is 1. The first-order valence-corrected chi connectivity index (χ1v) is 9.17. The predicted molar refractivity (Wildman–Crippen MR) is 98.4 cm³/mol. The highest BCUT2D eigenvalue weighted by Crippen LogP contribution is 2.38. The van der Waals surface area contributed by atoms with Crippen LogP contribution >= 0.6 is 0 Å². The number of fused-ring (bicyclic) bond motifs is 2. The van der Waals surface area contributed by atoms with Gasteiger partial charge in [0.2, 0.25) is 0 Å². The zero-order chi connectivity index (χ0) is 20.8. The fourth-order valence-electron chi connectivity index (χ4n) is 3.41. The van der Waals surface area contributed by atoms with Gasteiger partial charge in [0.25, 0.3) is 11.8 Å². The highest BCUT2D eigenvalue weighted by Gasteiger charge is 2.35. The van der Waals surface area contributed by atoms with E-state index >= 15 is 0 Å². The molecule has 1 aromatic heterocycles. The smallest absolute Gasteiger partial charge is 0.270 e. The van der Waals surface area contributed by atoms with Crippen molar-refractivity contribution in [2.45, 2.75) is 38.5 Å². The van der Waals surface area contributed by atoms with Gasteiger partial charge >= 0.3 is 0 Å². The third kappa shape index (κ3) is 3.42. The van der Waals surface area contributed by atoms with Crippen molar-refractivity contribution in [3.05, 3.63) is 52.9 Å². The zero-order valence-electron chi connectivity index (χ0n) is 15.8. The number of aromatic nitrogens is 1. The highest BCUT2D eigenvalue weighted by molar-refractivity contribution is 6.01. The maximum Gasteiger partial charge on any atom is 0.270 e. The number of hydrogen-bond donors (Lipinski definition) is 2. The van der Waals surface area contributed by atoms with Crippen LogP contribution in [0.4, 0.5) is 14.5 Å². The van der Waals surface area contributed by atoms with Gasteiger partial charge in [-0.2, -0.15) is 0 Å². The number of carbonyl (C=O) groups is 2. The molecule has 1 aromatic carbocycles. The molecule has 2 aliphatic rings. The normalized spacial score (nSPS) is 22.8. The predicted octanol–water partition coefficient (Wildman–Crippen LogP) is 2.64. The van der Waals surface area contributed by atoms with Crippen molar-refractivity contribution in [2.75, 3.05) is 11.9 Å². The highest BCUT2D eigenvalue weighted by atomic mass is 19.1. The number of halogens is 2. The van der Waals surface area contributed by atoms with Crippen molar-refractivity contribution in [2.24, 2.45) is 0 Å². The topological polar surface area (TPSA) is 89.6 Å². The van der Waals surface area contributed by atoms with Gasteiger partial charge in [-0.15, -0.1) is 0 Å². The third-order valence-corrected chi connectivity index (χ3v) is 5.30. The molecule has 4 rings (SSSR count). The minimum absolute atomic E-state index is 0.126. The molecule has 0 saturated carbocycles. The Kier molecular flexibility index (Phi) is 4.70. The number of benzene rings is 1.